The Bertz CT molecular complexity index is 722. The molecule has 160 valence electrons. The van der Waals surface area contributed by atoms with Gasteiger partial charge < -0.3 is 19.5 Å². The van der Waals surface area contributed by atoms with E-state index in [0.29, 0.717) is 24.5 Å². The van der Waals surface area contributed by atoms with Gasteiger partial charge in [-0.3, -0.25) is 30.0 Å². The predicted octanol–water partition coefficient (Wildman–Crippen LogP) is 0.704. The maximum atomic E-state index is 12.1. The monoisotopic (exact) mass is 409 g/mol. The molecule has 0 heterocycles. The second kappa shape index (κ2) is 13.0. The fraction of sp³-hybridized carbons (Fsp3) is 0.474. The zero-order valence-corrected chi connectivity index (χ0v) is 16.8. The number of methoxy groups -OCH3 is 2. The van der Waals surface area contributed by atoms with Crippen LogP contribution in [0.15, 0.2) is 18.2 Å². The van der Waals surface area contributed by atoms with Crippen molar-refractivity contribution in [3.8, 4) is 11.5 Å². The summed E-state index contributed by atoms with van der Waals surface area (Å²) in [5, 5.41) is 2.66. The van der Waals surface area contributed by atoms with Crippen LogP contribution < -0.4 is 25.6 Å². The minimum absolute atomic E-state index is 0.0892. The van der Waals surface area contributed by atoms with Gasteiger partial charge in [-0.25, -0.2) is 0 Å². The molecule has 0 aliphatic carbocycles. The van der Waals surface area contributed by atoms with Gasteiger partial charge in [0.1, 0.15) is 0 Å². The Kier molecular flexibility index (Phi) is 10.6. The van der Waals surface area contributed by atoms with Gasteiger partial charge in [-0.05, 0) is 31.0 Å². The first-order valence-electron chi connectivity index (χ1n) is 9.08. The number of nitrogens with one attached hydrogen (secondary N) is 3. The molecule has 0 aliphatic rings. The quantitative estimate of drug-likeness (QED) is 0.278. The lowest BCUT2D eigenvalue weighted by molar-refractivity contribution is -0.148. The van der Waals surface area contributed by atoms with E-state index in [1.165, 1.54) is 33.3 Å². The SMILES string of the molecule is COc1ccc(C(=O)NNC(=O)COC(=O)CCCCCNC(C)=O)cc1OC. The summed E-state index contributed by atoms with van der Waals surface area (Å²) in [6, 6.07) is 4.54. The zero-order valence-electron chi connectivity index (χ0n) is 16.8. The molecule has 0 aliphatic heterocycles. The Hall–Kier alpha value is -3.30. The van der Waals surface area contributed by atoms with Gasteiger partial charge in [0.2, 0.25) is 5.91 Å². The van der Waals surface area contributed by atoms with Crippen molar-refractivity contribution in [2.45, 2.75) is 32.6 Å². The molecule has 0 fully saturated rings. The minimum Gasteiger partial charge on any atom is -0.493 e. The van der Waals surface area contributed by atoms with Crippen LogP contribution in [0.25, 0.3) is 0 Å². The highest BCUT2D eigenvalue weighted by Gasteiger charge is 2.12. The van der Waals surface area contributed by atoms with Crippen LogP contribution in [0.4, 0.5) is 0 Å². The van der Waals surface area contributed by atoms with Crippen molar-refractivity contribution >= 4 is 23.7 Å². The van der Waals surface area contributed by atoms with E-state index < -0.39 is 24.4 Å². The smallest absolute Gasteiger partial charge is 0.306 e. The Labute approximate surface area is 169 Å². The number of unbranched alkanes of at least 4 members (excludes halogenated alkanes) is 2. The molecule has 1 aromatic carbocycles. The summed E-state index contributed by atoms with van der Waals surface area (Å²) in [4.78, 5) is 46.1. The van der Waals surface area contributed by atoms with Crippen molar-refractivity contribution in [1.82, 2.24) is 16.2 Å². The standard InChI is InChI=1S/C19H27N3O7/c1-13(23)20-10-6-4-5-7-18(25)29-12-17(24)21-22-19(26)14-8-9-15(27-2)16(11-14)28-3/h8-9,11H,4-7,10,12H2,1-3H3,(H,20,23)(H,21,24)(H,22,26). The van der Waals surface area contributed by atoms with Crippen molar-refractivity contribution in [2.24, 2.45) is 0 Å². The molecule has 3 N–H and O–H groups in total. The topological polar surface area (TPSA) is 132 Å². The molecule has 1 rings (SSSR count). The average molecular weight is 409 g/mol. The second-order valence-electron chi connectivity index (χ2n) is 6.03. The van der Waals surface area contributed by atoms with E-state index in [1.807, 2.05) is 0 Å². The van der Waals surface area contributed by atoms with Gasteiger partial charge in [-0.1, -0.05) is 6.42 Å². The van der Waals surface area contributed by atoms with Crippen LogP contribution in [0, 0.1) is 0 Å². The number of carbonyl (C=O) groups excluding carboxylic acids is 4. The number of benzene rings is 1. The Morgan fingerprint density at radius 2 is 1.66 bits per heavy atom. The van der Waals surface area contributed by atoms with Crippen LogP contribution in [0.1, 0.15) is 43.0 Å². The molecule has 0 aromatic heterocycles. The number of hydrogen-bond donors (Lipinski definition) is 3. The minimum atomic E-state index is -0.669. The van der Waals surface area contributed by atoms with Gasteiger partial charge in [0.15, 0.2) is 18.1 Å². The van der Waals surface area contributed by atoms with Crippen molar-refractivity contribution < 1.29 is 33.4 Å². The van der Waals surface area contributed by atoms with Gasteiger partial charge in [-0.15, -0.1) is 0 Å². The van der Waals surface area contributed by atoms with Crippen LogP contribution in [0.3, 0.4) is 0 Å². The fourth-order valence-corrected chi connectivity index (χ4v) is 2.27. The van der Waals surface area contributed by atoms with Crippen molar-refractivity contribution in [1.29, 1.82) is 0 Å². The number of hydrogen-bond acceptors (Lipinski definition) is 7. The molecule has 0 saturated carbocycles. The molecule has 10 nitrogen and oxygen atoms in total. The van der Waals surface area contributed by atoms with Gasteiger partial charge in [0, 0.05) is 25.5 Å². The first-order valence-corrected chi connectivity index (χ1v) is 9.08. The zero-order chi connectivity index (χ0) is 21.6. The third kappa shape index (κ3) is 9.45. The number of hydrazine groups is 1. The molecule has 0 saturated heterocycles. The Morgan fingerprint density at radius 1 is 0.931 bits per heavy atom. The van der Waals surface area contributed by atoms with E-state index in [2.05, 4.69) is 16.2 Å². The lowest BCUT2D eigenvalue weighted by atomic mass is 10.2. The van der Waals surface area contributed by atoms with Gasteiger partial charge in [0.25, 0.3) is 11.8 Å². The van der Waals surface area contributed by atoms with Crippen molar-refractivity contribution in [2.75, 3.05) is 27.4 Å². The number of amides is 3. The Morgan fingerprint density at radius 3 is 2.31 bits per heavy atom. The highest BCUT2D eigenvalue weighted by Crippen LogP contribution is 2.27. The van der Waals surface area contributed by atoms with Crippen LogP contribution in [-0.2, 0) is 19.1 Å². The summed E-state index contributed by atoms with van der Waals surface area (Å²) in [5.74, 6) is -0.991. The van der Waals surface area contributed by atoms with E-state index in [1.54, 1.807) is 6.07 Å². The highest BCUT2D eigenvalue weighted by atomic mass is 16.5. The van der Waals surface area contributed by atoms with E-state index in [0.717, 1.165) is 12.8 Å². The lowest BCUT2D eigenvalue weighted by Gasteiger charge is -2.11. The first kappa shape index (κ1) is 23.7. The third-order valence-corrected chi connectivity index (χ3v) is 3.76. The molecule has 0 bridgehead atoms. The van der Waals surface area contributed by atoms with Crippen LogP contribution in [-0.4, -0.2) is 51.1 Å². The highest BCUT2D eigenvalue weighted by molar-refractivity contribution is 5.96. The van der Waals surface area contributed by atoms with Crippen LogP contribution in [0.5, 0.6) is 11.5 Å². The Balaban J connectivity index is 2.25. The average Bonchev–Trinajstić information content (AvgIpc) is 2.72. The molecule has 0 atom stereocenters. The van der Waals surface area contributed by atoms with Crippen LogP contribution in [0.2, 0.25) is 0 Å². The number of ether oxygens (including phenoxy) is 3. The normalized spacial score (nSPS) is 9.90. The van der Waals surface area contributed by atoms with Crippen molar-refractivity contribution in [3.05, 3.63) is 23.8 Å². The largest absolute Gasteiger partial charge is 0.493 e. The van der Waals surface area contributed by atoms with Gasteiger partial charge >= 0.3 is 5.97 Å². The number of carbonyl (C=O) groups is 4. The van der Waals surface area contributed by atoms with Crippen LogP contribution >= 0.6 is 0 Å². The van der Waals surface area contributed by atoms with Gasteiger partial charge in [0.05, 0.1) is 14.2 Å². The lowest BCUT2D eigenvalue weighted by Crippen LogP contribution is -2.43. The second-order valence-corrected chi connectivity index (χ2v) is 6.03. The molecular weight excluding hydrogens is 382 g/mol. The summed E-state index contributed by atoms with van der Waals surface area (Å²) in [6.45, 7) is 1.50. The molecule has 3 amide bonds. The maximum Gasteiger partial charge on any atom is 0.306 e. The fourth-order valence-electron chi connectivity index (χ4n) is 2.27. The predicted molar refractivity (Wildman–Crippen MR) is 103 cm³/mol. The molecule has 0 spiro atoms. The third-order valence-electron chi connectivity index (χ3n) is 3.76. The molecule has 1 aromatic rings. The van der Waals surface area contributed by atoms with Gasteiger partial charge in [-0.2, -0.15) is 0 Å². The van der Waals surface area contributed by atoms with E-state index >= 15 is 0 Å². The van der Waals surface area contributed by atoms with E-state index in [9.17, 15) is 19.2 Å². The summed E-state index contributed by atoms with van der Waals surface area (Å²) < 4.78 is 15.0. The van der Waals surface area contributed by atoms with E-state index in [4.69, 9.17) is 14.2 Å². The summed E-state index contributed by atoms with van der Waals surface area (Å²) in [6.07, 6.45) is 2.28. The number of esters is 1. The molecule has 29 heavy (non-hydrogen) atoms. The summed E-state index contributed by atoms with van der Waals surface area (Å²) in [7, 11) is 2.92. The maximum absolute atomic E-state index is 12.1. The molecular formula is C19H27N3O7. The molecule has 10 heteroatoms. The summed E-state index contributed by atoms with van der Waals surface area (Å²) in [5.41, 5.74) is 4.64. The number of rotatable bonds is 11. The summed E-state index contributed by atoms with van der Waals surface area (Å²) >= 11 is 0. The first-order chi connectivity index (χ1) is 13.9. The van der Waals surface area contributed by atoms with Crippen molar-refractivity contribution in [3.63, 3.8) is 0 Å². The molecule has 0 radical (unpaired) electrons. The molecule has 0 unspecified atom stereocenters. The van der Waals surface area contributed by atoms with E-state index in [-0.39, 0.29) is 17.9 Å².